The number of rotatable bonds is 2. The molecule has 0 saturated carbocycles. The summed E-state index contributed by atoms with van der Waals surface area (Å²) in [7, 11) is 0. The second kappa shape index (κ2) is 4.39. The van der Waals surface area contributed by atoms with Crippen LogP contribution in [0.5, 0.6) is 0 Å². The Balaban J connectivity index is 2.87. The van der Waals surface area contributed by atoms with Crippen LogP contribution in [0, 0.1) is 0 Å². The standard InChI is InChI=1S/C7H6Br2O2S/c1-2-11-7(10)6-4(8)3-5(9)12-6/h3H,2H2,1H3. The molecule has 0 bridgehead atoms. The molecule has 0 aliphatic carbocycles. The largest absolute Gasteiger partial charge is 0.462 e. The van der Waals surface area contributed by atoms with Gasteiger partial charge in [0.05, 0.1) is 10.4 Å². The molecule has 0 radical (unpaired) electrons. The van der Waals surface area contributed by atoms with Crippen molar-refractivity contribution in [3.05, 3.63) is 19.2 Å². The van der Waals surface area contributed by atoms with Crippen molar-refractivity contribution in [3.63, 3.8) is 0 Å². The molecule has 66 valence electrons. The van der Waals surface area contributed by atoms with Gasteiger partial charge in [-0.15, -0.1) is 11.3 Å². The molecule has 0 amide bonds. The predicted molar refractivity (Wildman–Crippen MR) is 55.7 cm³/mol. The molecule has 1 aromatic heterocycles. The first-order chi connectivity index (χ1) is 5.65. The molecule has 0 saturated heterocycles. The van der Waals surface area contributed by atoms with Crippen molar-refractivity contribution >= 4 is 49.2 Å². The van der Waals surface area contributed by atoms with Crippen molar-refractivity contribution in [1.29, 1.82) is 0 Å². The van der Waals surface area contributed by atoms with E-state index in [4.69, 9.17) is 4.74 Å². The Morgan fingerprint density at radius 3 is 2.75 bits per heavy atom. The number of ether oxygens (including phenoxy) is 1. The van der Waals surface area contributed by atoms with Gasteiger partial charge in [-0.1, -0.05) is 0 Å². The summed E-state index contributed by atoms with van der Waals surface area (Å²) in [5.41, 5.74) is 0. The topological polar surface area (TPSA) is 26.3 Å². The number of carbonyl (C=O) groups excluding carboxylic acids is 1. The summed E-state index contributed by atoms with van der Waals surface area (Å²) in [4.78, 5) is 11.8. The third kappa shape index (κ3) is 2.31. The van der Waals surface area contributed by atoms with E-state index in [-0.39, 0.29) is 5.97 Å². The highest BCUT2D eigenvalue weighted by molar-refractivity contribution is 9.11. The summed E-state index contributed by atoms with van der Waals surface area (Å²) in [6.07, 6.45) is 0. The Bertz CT molecular complexity index is 296. The van der Waals surface area contributed by atoms with E-state index in [0.29, 0.717) is 11.5 Å². The Labute approximate surface area is 91.2 Å². The molecule has 1 heterocycles. The molecule has 0 aliphatic rings. The molecular formula is C7H6Br2O2S. The van der Waals surface area contributed by atoms with Crippen molar-refractivity contribution in [2.45, 2.75) is 6.92 Å². The minimum atomic E-state index is -0.278. The van der Waals surface area contributed by atoms with Crippen LogP contribution >= 0.6 is 43.2 Å². The minimum absolute atomic E-state index is 0.278. The van der Waals surface area contributed by atoms with Crippen molar-refractivity contribution < 1.29 is 9.53 Å². The Hall–Kier alpha value is 0.130. The highest BCUT2D eigenvalue weighted by atomic mass is 79.9. The van der Waals surface area contributed by atoms with Crippen LogP contribution < -0.4 is 0 Å². The quantitative estimate of drug-likeness (QED) is 0.782. The lowest BCUT2D eigenvalue weighted by Crippen LogP contribution is -2.02. The molecule has 5 heteroatoms. The third-order valence-electron chi connectivity index (χ3n) is 1.12. The Kier molecular flexibility index (Phi) is 3.74. The number of hydrogen-bond donors (Lipinski definition) is 0. The van der Waals surface area contributed by atoms with Crippen LogP contribution in [0.1, 0.15) is 16.6 Å². The van der Waals surface area contributed by atoms with Gasteiger partial charge in [0.2, 0.25) is 0 Å². The molecule has 2 nitrogen and oxygen atoms in total. The van der Waals surface area contributed by atoms with Gasteiger partial charge >= 0.3 is 5.97 Å². The van der Waals surface area contributed by atoms with Gasteiger partial charge < -0.3 is 4.74 Å². The van der Waals surface area contributed by atoms with Gasteiger partial charge in [-0.3, -0.25) is 0 Å². The summed E-state index contributed by atoms with van der Waals surface area (Å²) >= 11 is 7.91. The molecule has 0 unspecified atom stereocenters. The summed E-state index contributed by atoms with van der Waals surface area (Å²) in [6.45, 7) is 2.19. The van der Waals surface area contributed by atoms with E-state index in [1.807, 2.05) is 6.07 Å². The van der Waals surface area contributed by atoms with Crippen molar-refractivity contribution in [3.8, 4) is 0 Å². The third-order valence-corrected chi connectivity index (χ3v) is 3.62. The van der Waals surface area contributed by atoms with Gasteiger partial charge in [-0.25, -0.2) is 4.79 Å². The first-order valence-corrected chi connectivity index (χ1v) is 5.67. The molecule has 1 rings (SSSR count). The fraction of sp³-hybridized carbons (Fsp3) is 0.286. The van der Waals surface area contributed by atoms with Gasteiger partial charge in [-0.2, -0.15) is 0 Å². The SMILES string of the molecule is CCOC(=O)c1sc(Br)cc1Br. The summed E-state index contributed by atoms with van der Waals surface area (Å²) in [5, 5.41) is 0. The lowest BCUT2D eigenvalue weighted by atomic mass is 10.5. The Morgan fingerprint density at radius 1 is 1.67 bits per heavy atom. The predicted octanol–water partition coefficient (Wildman–Crippen LogP) is 3.45. The Morgan fingerprint density at radius 2 is 2.33 bits per heavy atom. The molecule has 0 N–H and O–H groups in total. The van der Waals surface area contributed by atoms with Crippen molar-refractivity contribution in [2.24, 2.45) is 0 Å². The molecule has 0 atom stereocenters. The first-order valence-electron chi connectivity index (χ1n) is 3.27. The van der Waals surface area contributed by atoms with Crippen molar-refractivity contribution in [1.82, 2.24) is 0 Å². The summed E-state index contributed by atoms with van der Waals surface area (Å²) < 4.78 is 6.53. The van der Waals surface area contributed by atoms with Crippen LogP contribution in [0.3, 0.4) is 0 Å². The second-order valence-electron chi connectivity index (χ2n) is 1.95. The minimum Gasteiger partial charge on any atom is -0.462 e. The van der Waals surface area contributed by atoms with Gasteiger partial charge in [0.15, 0.2) is 0 Å². The number of carbonyl (C=O) groups is 1. The molecule has 12 heavy (non-hydrogen) atoms. The second-order valence-corrected chi connectivity index (χ2v) is 5.23. The van der Waals surface area contributed by atoms with Gasteiger partial charge in [-0.05, 0) is 44.8 Å². The highest BCUT2D eigenvalue weighted by Gasteiger charge is 2.14. The molecule has 1 aromatic rings. The van der Waals surface area contributed by atoms with Gasteiger partial charge in [0, 0.05) is 4.47 Å². The summed E-state index contributed by atoms with van der Waals surface area (Å²) in [6, 6.07) is 1.83. The number of halogens is 2. The van der Waals surface area contributed by atoms with Crippen LogP contribution in [0.15, 0.2) is 14.3 Å². The zero-order chi connectivity index (χ0) is 9.14. The zero-order valence-corrected chi connectivity index (χ0v) is 10.3. The van der Waals surface area contributed by atoms with Crippen LogP contribution in [0.2, 0.25) is 0 Å². The van der Waals surface area contributed by atoms with Crippen LogP contribution in [0.25, 0.3) is 0 Å². The van der Waals surface area contributed by atoms with Crippen LogP contribution in [-0.2, 0) is 4.74 Å². The molecule has 0 spiro atoms. The maximum Gasteiger partial charge on any atom is 0.349 e. The fourth-order valence-electron chi connectivity index (χ4n) is 0.677. The van der Waals surface area contributed by atoms with E-state index in [1.165, 1.54) is 11.3 Å². The first kappa shape index (κ1) is 10.2. The average Bonchev–Trinajstić information content (AvgIpc) is 2.30. The lowest BCUT2D eigenvalue weighted by Gasteiger charge is -1.97. The summed E-state index contributed by atoms with van der Waals surface area (Å²) in [5.74, 6) is -0.278. The maximum atomic E-state index is 11.2. The highest BCUT2D eigenvalue weighted by Crippen LogP contribution is 2.31. The van der Waals surface area contributed by atoms with Crippen molar-refractivity contribution in [2.75, 3.05) is 6.61 Å². The lowest BCUT2D eigenvalue weighted by molar-refractivity contribution is 0.0531. The smallest absolute Gasteiger partial charge is 0.349 e. The molecular weight excluding hydrogens is 308 g/mol. The number of hydrogen-bond acceptors (Lipinski definition) is 3. The maximum absolute atomic E-state index is 11.2. The van der Waals surface area contributed by atoms with E-state index in [0.717, 1.165) is 8.26 Å². The normalized spacial score (nSPS) is 9.92. The zero-order valence-electron chi connectivity index (χ0n) is 6.27. The van der Waals surface area contributed by atoms with Crippen LogP contribution in [-0.4, -0.2) is 12.6 Å². The van der Waals surface area contributed by atoms with E-state index >= 15 is 0 Å². The van der Waals surface area contributed by atoms with Crippen LogP contribution in [0.4, 0.5) is 0 Å². The van der Waals surface area contributed by atoms with Gasteiger partial charge in [0.1, 0.15) is 4.88 Å². The average molecular weight is 314 g/mol. The van der Waals surface area contributed by atoms with E-state index < -0.39 is 0 Å². The number of esters is 1. The fourth-order valence-corrected chi connectivity index (χ4v) is 3.15. The van der Waals surface area contributed by atoms with E-state index in [2.05, 4.69) is 31.9 Å². The van der Waals surface area contributed by atoms with E-state index in [1.54, 1.807) is 6.92 Å². The number of thiophene rings is 1. The molecule has 0 aliphatic heterocycles. The van der Waals surface area contributed by atoms with E-state index in [9.17, 15) is 4.79 Å². The molecule has 0 fully saturated rings. The van der Waals surface area contributed by atoms with Gasteiger partial charge in [0.25, 0.3) is 0 Å². The molecule has 0 aromatic carbocycles. The monoisotopic (exact) mass is 312 g/mol.